The topological polar surface area (TPSA) is 62.8 Å². The number of ether oxygens (including phenoxy) is 2. The summed E-state index contributed by atoms with van der Waals surface area (Å²) in [6.45, 7) is 4.04. The normalized spacial score (nSPS) is 23.3. The first kappa shape index (κ1) is 16.9. The second-order valence-corrected chi connectivity index (χ2v) is 6.50. The zero-order chi connectivity index (χ0) is 16.8. The molecule has 2 atom stereocenters. The predicted molar refractivity (Wildman–Crippen MR) is 93.7 cm³/mol. The average molecular weight is 333 g/mol. The largest absolute Gasteiger partial charge is 0.495 e. The molecule has 2 fully saturated rings. The fourth-order valence-electron chi connectivity index (χ4n) is 3.42. The molecule has 24 heavy (non-hydrogen) atoms. The Bertz CT molecular complexity index is 546. The summed E-state index contributed by atoms with van der Waals surface area (Å²) >= 11 is 0. The minimum absolute atomic E-state index is 0.0961. The molecule has 0 aromatic heterocycles. The van der Waals surface area contributed by atoms with Crippen LogP contribution in [0.1, 0.15) is 19.3 Å². The van der Waals surface area contributed by atoms with Crippen LogP contribution in [-0.4, -0.2) is 52.0 Å². The maximum absolute atomic E-state index is 11.9. The Hall–Kier alpha value is -1.95. The van der Waals surface area contributed by atoms with Gasteiger partial charge in [0.05, 0.1) is 18.9 Å². The molecule has 2 aliphatic rings. The highest BCUT2D eigenvalue weighted by Gasteiger charge is 2.25. The number of anilines is 1. The molecule has 2 saturated heterocycles. The van der Waals surface area contributed by atoms with Gasteiger partial charge in [0, 0.05) is 32.8 Å². The van der Waals surface area contributed by atoms with Crippen LogP contribution >= 0.6 is 0 Å². The molecule has 2 N–H and O–H groups in total. The first-order valence-corrected chi connectivity index (χ1v) is 8.77. The molecule has 132 valence electrons. The van der Waals surface area contributed by atoms with Crippen molar-refractivity contribution in [1.29, 1.82) is 0 Å². The van der Waals surface area contributed by atoms with Gasteiger partial charge < -0.3 is 25.0 Å². The van der Waals surface area contributed by atoms with E-state index in [1.165, 1.54) is 0 Å². The Kier molecular flexibility index (Phi) is 5.80. The van der Waals surface area contributed by atoms with E-state index in [1.54, 1.807) is 7.11 Å². The number of carbonyl (C=O) groups excluding carboxylic acids is 1. The molecule has 6 heteroatoms. The lowest BCUT2D eigenvalue weighted by Gasteiger charge is -2.21. The second-order valence-electron chi connectivity index (χ2n) is 6.50. The first-order valence-electron chi connectivity index (χ1n) is 8.77. The first-order chi connectivity index (χ1) is 11.8. The van der Waals surface area contributed by atoms with E-state index < -0.39 is 0 Å². The SMILES string of the molecule is COc1ccccc1N1CC[C@@H](CNC(=O)NC[C@H]2CCCO2)C1. The van der Waals surface area contributed by atoms with Gasteiger partial charge in [-0.2, -0.15) is 0 Å². The van der Waals surface area contributed by atoms with E-state index in [4.69, 9.17) is 9.47 Å². The number of hydrogen-bond donors (Lipinski definition) is 2. The highest BCUT2D eigenvalue weighted by Crippen LogP contribution is 2.31. The lowest BCUT2D eigenvalue weighted by Crippen LogP contribution is -2.41. The van der Waals surface area contributed by atoms with Crippen LogP contribution in [0, 0.1) is 5.92 Å². The third-order valence-electron chi connectivity index (χ3n) is 4.78. The molecular formula is C18H27N3O3. The molecular weight excluding hydrogens is 306 g/mol. The van der Waals surface area contributed by atoms with Crippen molar-refractivity contribution in [1.82, 2.24) is 10.6 Å². The maximum Gasteiger partial charge on any atom is 0.314 e. The zero-order valence-electron chi connectivity index (χ0n) is 14.3. The maximum atomic E-state index is 11.9. The number of benzene rings is 1. The van der Waals surface area contributed by atoms with Gasteiger partial charge in [-0.05, 0) is 37.3 Å². The lowest BCUT2D eigenvalue weighted by atomic mass is 10.1. The van der Waals surface area contributed by atoms with Crippen molar-refractivity contribution in [2.45, 2.75) is 25.4 Å². The predicted octanol–water partition coefficient (Wildman–Crippen LogP) is 2.00. The Morgan fingerprint density at radius 1 is 1.29 bits per heavy atom. The molecule has 1 aromatic rings. The molecule has 2 amide bonds. The van der Waals surface area contributed by atoms with Crippen LogP contribution in [0.15, 0.2) is 24.3 Å². The molecule has 0 radical (unpaired) electrons. The van der Waals surface area contributed by atoms with Crippen LogP contribution in [0.5, 0.6) is 5.75 Å². The third kappa shape index (κ3) is 4.32. The van der Waals surface area contributed by atoms with E-state index >= 15 is 0 Å². The minimum atomic E-state index is -0.0961. The van der Waals surface area contributed by atoms with Crippen LogP contribution in [0.2, 0.25) is 0 Å². The summed E-state index contributed by atoms with van der Waals surface area (Å²) in [5, 5.41) is 5.89. The number of urea groups is 1. The average Bonchev–Trinajstić information content (AvgIpc) is 3.29. The summed E-state index contributed by atoms with van der Waals surface area (Å²) < 4.78 is 10.9. The van der Waals surface area contributed by atoms with Gasteiger partial charge in [0.15, 0.2) is 0 Å². The molecule has 0 bridgehead atoms. The molecule has 2 heterocycles. The quantitative estimate of drug-likeness (QED) is 0.836. The van der Waals surface area contributed by atoms with E-state index in [0.29, 0.717) is 19.0 Å². The number of amides is 2. The van der Waals surface area contributed by atoms with Crippen molar-refractivity contribution < 1.29 is 14.3 Å². The Balaban J connectivity index is 1.40. The van der Waals surface area contributed by atoms with Crippen molar-refractivity contribution in [2.75, 3.05) is 44.8 Å². The molecule has 6 nitrogen and oxygen atoms in total. The summed E-state index contributed by atoms with van der Waals surface area (Å²) in [5.41, 5.74) is 1.13. The number of nitrogens with zero attached hydrogens (tertiary/aromatic N) is 1. The monoisotopic (exact) mass is 333 g/mol. The van der Waals surface area contributed by atoms with E-state index in [1.807, 2.05) is 18.2 Å². The van der Waals surface area contributed by atoms with E-state index in [0.717, 1.165) is 50.4 Å². The van der Waals surface area contributed by atoms with E-state index in [9.17, 15) is 4.79 Å². The molecule has 3 rings (SSSR count). The fourth-order valence-corrected chi connectivity index (χ4v) is 3.42. The third-order valence-corrected chi connectivity index (χ3v) is 4.78. The van der Waals surface area contributed by atoms with Gasteiger partial charge in [-0.3, -0.25) is 0 Å². The summed E-state index contributed by atoms with van der Waals surface area (Å²) in [6.07, 6.45) is 3.39. The summed E-state index contributed by atoms with van der Waals surface area (Å²) in [4.78, 5) is 14.2. The Morgan fingerprint density at radius 3 is 2.92 bits per heavy atom. The molecule has 0 aliphatic carbocycles. The number of para-hydroxylation sites is 2. The van der Waals surface area contributed by atoms with Gasteiger partial charge in [-0.1, -0.05) is 12.1 Å². The number of rotatable bonds is 6. The van der Waals surface area contributed by atoms with E-state index in [-0.39, 0.29) is 12.1 Å². The number of methoxy groups -OCH3 is 1. The van der Waals surface area contributed by atoms with Gasteiger partial charge in [-0.15, -0.1) is 0 Å². The number of carbonyl (C=O) groups is 1. The van der Waals surface area contributed by atoms with Gasteiger partial charge in [0.25, 0.3) is 0 Å². The van der Waals surface area contributed by atoms with Crippen LogP contribution in [0.4, 0.5) is 10.5 Å². The van der Waals surface area contributed by atoms with Gasteiger partial charge in [-0.25, -0.2) is 4.79 Å². The molecule has 1 aromatic carbocycles. The summed E-state index contributed by atoms with van der Waals surface area (Å²) in [5.74, 6) is 1.36. The molecule has 0 saturated carbocycles. The van der Waals surface area contributed by atoms with Crippen LogP contribution in [0.3, 0.4) is 0 Å². The van der Waals surface area contributed by atoms with Crippen molar-refractivity contribution in [3.05, 3.63) is 24.3 Å². The number of hydrogen-bond acceptors (Lipinski definition) is 4. The highest BCUT2D eigenvalue weighted by molar-refractivity contribution is 5.73. The highest BCUT2D eigenvalue weighted by atomic mass is 16.5. The van der Waals surface area contributed by atoms with Crippen LogP contribution in [0.25, 0.3) is 0 Å². The summed E-state index contributed by atoms with van der Waals surface area (Å²) in [6, 6.07) is 7.99. The molecule has 2 aliphatic heterocycles. The van der Waals surface area contributed by atoms with Crippen LogP contribution in [-0.2, 0) is 4.74 Å². The standard InChI is InChI=1S/C18H27N3O3/c1-23-17-7-3-2-6-16(17)21-9-8-14(13-21)11-19-18(22)20-12-15-5-4-10-24-15/h2-3,6-7,14-15H,4-5,8-13H2,1H3,(H2,19,20,22)/t14-,15+/m0/s1. The molecule has 0 unspecified atom stereocenters. The van der Waals surface area contributed by atoms with Gasteiger partial charge in [0.2, 0.25) is 0 Å². The fraction of sp³-hybridized carbons (Fsp3) is 0.611. The van der Waals surface area contributed by atoms with Crippen molar-refractivity contribution in [3.8, 4) is 5.75 Å². The zero-order valence-corrected chi connectivity index (χ0v) is 14.3. The van der Waals surface area contributed by atoms with Crippen LogP contribution < -0.4 is 20.3 Å². The van der Waals surface area contributed by atoms with E-state index in [2.05, 4.69) is 21.6 Å². The Labute approximate surface area is 143 Å². The van der Waals surface area contributed by atoms with Gasteiger partial charge >= 0.3 is 6.03 Å². The second kappa shape index (κ2) is 8.24. The molecule has 0 spiro atoms. The minimum Gasteiger partial charge on any atom is -0.495 e. The summed E-state index contributed by atoms with van der Waals surface area (Å²) in [7, 11) is 1.70. The lowest BCUT2D eigenvalue weighted by molar-refractivity contribution is 0.111. The smallest absolute Gasteiger partial charge is 0.314 e. The number of nitrogens with one attached hydrogen (secondary N) is 2. The van der Waals surface area contributed by atoms with Gasteiger partial charge in [0.1, 0.15) is 5.75 Å². The van der Waals surface area contributed by atoms with Crippen molar-refractivity contribution >= 4 is 11.7 Å². The Morgan fingerprint density at radius 2 is 2.12 bits per heavy atom. The van der Waals surface area contributed by atoms with Crippen molar-refractivity contribution in [3.63, 3.8) is 0 Å². The van der Waals surface area contributed by atoms with Crippen molar-refractivity contribution in [2.24, 2.45) is 5.92 Å².